The van der Waals surface area contributed by atoms with Crippen LogP contribution >= 0.6 is 0 Å². The van der Waals surface area contributed by atoms with Gasteiger partial charge in [0.1, 0.15) is 5.75 Å². The Labute approximate surface area is 206 Å². The normalized spacial score (nSPS) is 22.1. The van der Waals surface area contributed by atoms with Gasteiger partial charge >= 0.3 is 0 Å². The number of para-hydroxylation sites is 2. The first-order chi connectivity index (χ1) is 17.0. The Morgan fingerprint density at radius 1 is 1.11 bits per heavy atom. The largest absolute Gasteiger partial charge is 0.496 e. The maximum absolute atomic E-state index is 13.4. The highest BCUT2D eigenvalue weighted by Crippen LogP contribution is 2.32. The number of methoxy groups -OCH3 is 1. The molecule has 0 spiro atoms. The van der Waals surface area contributed by atoms with Crippen LogP contribution < -0.4 is 10.1 Å². The number of amides is 1. The highest BCUT2D eigenvalue weighted by Gasteiger charge is 2.40. The van der Waals surface area contributed by atoms with Gasteiger partial charge in [0.05, 0.1) is 32.4 Å². The van der Waals surface area contributed by atoms with E-state index in [0.29, 0.717) is 25.5 Å². The van der Waals surface area contributed by atoms with E-state index in [-0.39, 0.29) is 24.0 Å². The molecule has 5 rings (SSSR count). The lowest BCUT2D eigenvalue weighted by Gasteiger charge is -2.48. The number of allylic oxidation sites excluding steroid dienone is 2. The molecule has 7 heteroatoms. The van der Waals surface area contributed by atoms with Gasteiger partial charge in [-0.25, -0.2) is 0 Å². The lowest BCUT2D eigenvalue weighted by atomic mass is 9.89. The predicted octanol–water partition coefficient (Wildman–Crippen LogP) is 4.17. The number of morpholine rings is 1. The van der Waals surface area contributed by atoms with Gasteiger partial charge < -0.3 is 14.8 Å². The molecule has 0 radical (unpaired) electrons. The molecule has 2 aliphatic rings. The number of benzene rings is 2. The van der Waals surface area contributed by atoms with E-state index in [1.807, 2.05) is 41.1 Å². The van der Waals surface area contributed by atoms with E-state index in [0.717, 1.165) is 36.0 Å². The number of hydrogen-bond acceptors (Lipinski definition) is 5. The minimum Gasteiger partial charge on any atom is -0.496 e. The summed E-state index contributed by atoms with van der Waals surface area (Å²) in [6, 6.07) is 16.7. The molecule has 2 bridgehead atoms. The van der Waals surface area contributed by atoms with Crippen LogP contribution in [0.5, 0.6) is 5.75 Å². The highest BCUT2D eigenvalue weighted by molar-refractivity contribution is 6.05. The van der Waals surface area contributed by atoms with Crippen LogP contribution in [0.15, 0.2) is 60.2 Å². The maximum Gasteiger partial charge on any atom is 0.272 e. The molecule has 184 valence electrons. The van der Waals surface area contributed by atoms with Crippen molar-refractivity contribution in [3.05, 3.63) is 71.4 Å². The highest BCUT2D eigenvalue weighted by atomic mass is 16.5. The quantitative estimate of drug-likeness (QED) is 0.521. The maximum atomic E-state index is 13.4. The van der Waals surface area contributed by atoms with Gasteiger partial charge in [0.25, 0.3) is 5.91 Å². The Morgan fingerprint density at radius 2 is 1.83 bits per heavy atom. The molecular formula is C28H34N4O3. The zero-order valence-electron chi connectivity index (χ0n) is 20.7. The van der Waals surface area contributed by atoms with Crippen molar-refractivity contribution in [1.29, 1.82) is 0 Å². The third-order valence-corrected chi connectivity index (χ3v) is 7.10. The van der Waals surface area contributed by atoms with Gasteiger partial charge in [0.15, 0.2) is 5.69 Å². The fourth-order valence-corrected chi connectivity index (χ4v) is 5.35. The number of hydrogen-bond donors (Lipinski definition) is 1. The predicted molar refractivity (Wildman–Crippen MR) is 137 cm³/mol. The van der Waals surface area contributed by atoms with E-state index in [1.165, 1.54) is 11.1 Å². The zero-order valence-corrected chi connectivity index (χ0v) is 20.7. The molecule has 3 heterocycles. The van der Waals surface area contributed by atoms with Crippen LogP contribution in [0.3, 0.4) is 0 Å². The van der Waals surface area contributed by atoms with Crippen molar-refractivity contribution in [3.8, 4) is 5.75 Å². The second-order valence-electron chi connectivity index (χ2n) is 9.80. The molecule has 0 unspecified atom stereocenters. The average molecular weight is 475 g/mol. The molecule has 35 heavy (non-hydrogen) atoms. The fraction of sp³-hybridized carbons (Fsp3) is 0.429. The van der Waals surface area contributed by atoms with Gasteiger partial charge in [-0.05, 0) is 38.8 Å². The molecule has 1 amide bonds. The summed E-state index contributed by atoms with van der Waals surface area (Å²) in [6.07, 6.45) is 3.83. The average Bonchev–Trinajstić information content (AvgIpc) is 3.22. The number of ether oxygens (including phenoxy) is 2. The number of carbonyl (C=O) groups is 1. The lowest BCUT2D eigenvalue weighted by Crippen LogP contribution is -2.60. The molecule has 2 aromatic carbocycles. The third-order valence-electron chi connectivity index (χ3n) is 7.10. The Morgan fingerprint density at radius 3 is 2.57 bits per heavy atom. The molecule has 2 saturated heterocycles. The van der Waals surface area contributed by atoms with Crippen molar-refractivity contribution in [2.24, 2.45) is 0 Å². The second kappa shape index (κ2) is 10.2. The summed E-state index contributed by atoms with van der Waals surface area (Å²) in [5, 5.41) is 8.90. The second-order valence-corrected chi connectivity index (χ2v) is 9.80. The number of nitrogens with zero attached hydrogens (tertiary/aromatic N) is 3. The fourth-order valence-electron chi connectivity index (χ4n) is 5.35. The molecule has 0 aliphatic carbocycles. The number of nitrogens with one attached hydrogen (secondary N) is 1. The third kappa shape index (κ3) is 4.97. The molecule has 0 saturated carbocycles. The molecule has 1 aromatic heterocycles. The number of fused-ring (bicyclic) bond motifs is 3. The van der Waals surface area contributed by atoms with Crippen molar-refractivity contribution < 1.29 is 14.3 Å². The van der Waals surface area contributed by atoms with Gasteiger partial charge in [-0.15, -0.1) is 0 Å². The van der Waals surface area contributed by atoms with E-state index in [9.17, 15) is 4.79 Å². The SMILES string of the molecule is COc1ccccc1CN1[C@@H]2COC[C@H]1C[C@@H](NC(=O)c1nn(CC=C(C)C)c3ccccc13)C2. The first-order valence-electron chi connectivity index (χ1n) is 12.4. The molecule has 2 aliphatic heterocycles. The van der Waals surface area contributed by atoms with Gasteiger partial charge in [0, 0.05) is 35.6 Å². The van der Waals surface area contributed by atoms with Crippen LogP contribution in [-0.2, 0) is 17.8 Å². The Balaban J connectivity index is 1.31. The van der Waals surface area contributed by atoms with E-state index < -0.39 is 0 Å². The van der Waals surface area contributed by atoms with Crippen molar-refractivity contribution in [2.75, 3.05) is 20.3 Å². The van der Waals surface area contributed by atoms with Crippen LogP contribution in [0.25, 0.3) is 10.9 Å². The first-order valence-corrected chi connectivity index (χ1v) is 12.4. The van der Waals surface area contributed by atoms with Crippen LogP contribution in [-0.4, -0.2) is 59.0 Å². The summed E-state index contributed by atoms with van der Waals surface area (Å²) in [7, 11) is 1.72. The standard InChI is InChI=1S/C28H34N4O3/c1-19(2)12-13-32-25-10-6-5-9-24(25)27(30-32)28(33)29-21-14-22-17-35-18-23(15-21)31(22)16-20-8-4-7-11-26(20)34-3/h4-12,21-23H,13-18H2,1-3H3,(H,29,33)/t21-,22-,23+. The first kappa shape index (κ1) is 23.6. The van der Waals surface area contributed by atoms with Crippen LogP contribution in [0.2, 0.25) is 0 Å². The number of aromatic nitrogens is 2. The Bertz CT molecular complexity index is 1220. The van der Waals surface area contributed by atoms with Crippen molar-refractivity contribution in [3.63, 3.8) is 0 Å². The van der Waals surface area contributed by atoms with Crippen molar-refractivity contribution >= 4 is 16.8 Å². The molecule has 2 fully saturated rings. The van der Waals surface area contributed by atoms with Crippen LogP contribution in [0, 0.1) is 0 Å². The van der Waals surface area contributed by atoms with Crippen molar-refractivity contribution in [1.82, 2.24) is 20.0 Å². The number of carbonyl (C=O) groups excluding carboxylic acids is 1. The minimum atomic E-state index is -0.0979. The number of piperidine rings is 1. The molecule has 7 nitrogen and oxygen atoms in total. The van der Waals surface area contributed by atoms with Gasteiger partial charge in [0.2, 0.25) is 0 Å². The zero-order chi connectivity index (χ0) is 24.4. The van der Waals surface area contributed by atoms with Crippen LogP contribution in [0.1, 0.15) is 42.7 Å². The monoisotopic (exact) mass is 474 g/mol. The Kier molecular flexibility index (Phi) is 6.88. The molecule has 3 aromatic rings. The smallest absolute Gasteiger partial charge is 0.272 e. The van der Waals surface area contributed by atoms with E-state index >= 15 is 0 Å². The molecule has 3 atom stereocenters. The summed E-state index contributed by atoms with van der Waals surface area (Å²) in [6.45, 7) is 6.97. The summed E-state index contributed by atoms with van der Waals surface area (Å²) in [5.41, 5.74) is 3.89. The van der Waals surface area contributed by atoms with Crippen molar-refractivity contribution in [2.45, 2.75) is 57.9 Å². The lowest BCUT2D eigenvalue weighted by molar-refractivity contribution is -0.0845. The summed E-state index contributed by atoms with van der Waals surface area (Å²) < 4.78 is 13.4. The molecular weight excluding hydrogens is 440 g/mol. The summed E-state index contributed by atoms with van der Waals surface area (Å²) in [4.78, 5) is 15.9. The van der Waals surface area contributed by atoms with Gasteiger partial charge in [-0.1, -0.05) is 48.0 Å². The molecule has 1 N–H and O–H groups in total. The summed E-state index contributed by atoms with van der Waals surface area (Å²) in [5.74, 6) is 0.816. The topological polar surface area (TPSA) is 68.6 Å². The summed E-state index contributed by atoms with van der Waals surface area (Å²) >= 11 is 0. The van der Waals surface area contributed by atoms with E-state index in [2.05, 4.69) is 42.3 Å². The van der Waals surface area contributed by atoms with Gasteiger partial charge in [-0.2, -0.15) is 5.10 Å². The van der Waals surface area contributed by atoms with E-state index in [1.54, 1.807) is 7.11 Å². The van der Waals surface area contributed by atoms with E-state index in [4.69, 9.17) is 14.6 Å². The van der Waals surface area contributed by atoms with Gasteiger partial charge in [-0.3, -0.25) is 14.4 Å². The minimum absolute atomic E-state index is 0.0945. The number of rotatable bonds is 7. The Hall–Kier alpha value is -3.16. The van der Waals surface area contributed by atoms with Crippen LogP contribution in [0.4, 0.5) is 0 Å².